The molecule has 5 nitrogen and oxygen atoms in total. The molecule has 0 aliphatic heterocycles. The van der Waals surface area contributed by atoms with Crippen molar-refractivity contribution in [3.8, 4) is 0 Å². The molecule has 1 rings (SSSR count). The number of pyridine rings is 1. The molecule has 0 saturated carbocycles. The molecule has 1 unspecified atom stereocenters. The van der Waals surface area contributed by atoms with Crippen molar-refractivity contribution < 1.29 is 4.79 Å². The van der Waals surface area contributed by atoms with E-state index >= 15 is 0 Å². The minimum atomic E-state index is -0.252. The lowest BCUT2D eigenvalue weighted by Gasteiger charge is -2.13. The molecule has 2 amide bonds. The smallest absolute Gasteiger partial charge is 0.319 e. The lowest BCUT2D eigenvalue weighted by molar-refractivity contribution is 0.252. The van der Waals surface area contributed by atoms with Gasteiger partial charge in [-0.25, -0.2) is 4.79 Å². The summed E-state index contributed by atoms with van der Waals surface area (Å²) < 4.78 is 1.44. The second-order valence-corrected chi connectivity index (χ2v) is 5.48. The Hall–Kier alpha value is -1.43. The summed E-state index contributed by atoms with van der Waals surface area (Å²) in [6.45, 7) is 4.45. The van der Waals surface area contributed by atoms with Crippen molar-refractivity contribution in [1.82, 2.24) is 9.88 Å². The Kier molecular flexibility index (Phi) is 5.27. The van der Waals surface area contributed by atoms with Gasteiger partial charge in [0.15, 0.2) is 0 Å². The van der Waals surface area contributed by atoms with Crippen LogP contribution in [0.25, 0.3) is 0 Å². The third-order valence-corrected chi connectivity index (χ3v) is 3.61. The van der Waals surface area contributed by atoms with E-state index in [1.165, 1.54) is 10.6 Å². The maximum atomic E-state index is 11.7. The van der Waals surface area contributed by atoms with Gasteiger partial charge in [0.1, 0.15) is 0 Å². The number of amides is 2. The van der Waals surface area contributed by atoms with Crippen molar-refractivity contribution in [3.05, 3.63) is 28.2 Å². The van der Waals surface area contributed by atoms with Crippen molar-refractivity contribution in [2.45, 2.75) is 19.1 Å². The van der Waals surface area contributed by atoms with Gasteiger partial charge < -0.3 is 15.2 Å². The summed E-state index contributed by atoms with van der Waals surface area (Å²) in [5, 5.41) is 5.90. The van der Waals surface area contributed by atoms with Crippen LogP contribution in [0, 0.1) is 6.92 Å². The van der Waals surface area contributed by atoms with Crippen LogP contribution in [-0.4, -0.2) is 28.6 Å². The van der Waals surface area contributed by atoms with Gasteiger partial charge in [0.25, 0.3) is 5.56 Å². The fourth-order valence-electron chi connectivity index (χ4n) is 1.34. The highest BCUT2D eigenvalue weighted by Gasteiger charge is 2.07. The number of nitrogens with one attached hydrogen (secondary N) is 2. The summed E-state index contributed by atoms with van der Waals surface area (Å²) in [6, 6.07) is 1.25. The standard InChI is InChI=1S/C12H19N3O2S/c1-8-5-11(16)15(3)7-10(8)14-12(17)13-6-9(2)18-4/h5,7,9H,6H2,1-4H3,(H2,13,14,17). The number of carbonyl (C=O) groups is 1. The van der Waals surface area contributed by atoms with Crippen LogP contribution in [0.2, 0.25) is 0 Å². The summed E-state index contributed by atoms with van der Waals surface area (Å²) in [4.78, 5) is 23.0. The second-order valence-electron chi connectivity index (χ2n) is 4.20. The fourth-order valence-corrected chi connectivity index (χ4v) is 1.59. The van der Waals surface area contributed by atoms with E-state index in [9.17, 15) is 9.59 Å². The summed E-state index contributed by atoms with van der Waals surface area (Å²) in [6.07, 6.45) is 3.62. The monoisotopic (exact) mass is 269 g/mol. The first kappa shape index (κ1) is 14.6. The molecule has 1 atom stereocenters. The van der Waals surface area contributed by atoms with Crippen molar-refractivity contribution in [2.24, 2.45) is 7.05 Å². The molecule has 0 aliphatic rings. The van der Waals surface area contributed by atoms with E-state index in [4.69, 9.17) is 0 Å². The van der Waals surface area contributed by atoms with Crippen LogP contribution in [0.5, 0.6) is 0 Å². The zero-order chi connectivity index (χ0) is 13.7. The molecule has 18 heavy (non-hydrogen) atoms. The van der Waals surface area contributed by atoms with Gasteiger partial charge >= 0.3 is 6.03 Å². The fraction of sp³-hybridized carbons (Fsp3) is 0.500. The van der Waals surface area contributed by atoms with Crippen molar-refractivity contribution >= 4 is 23.5 Å². The van der Waals surface area contributed by atoms with E-state index < -0.39 is 0 Å². The number of carbonyl (C=O) groups excluding carboxylic acids is 1. The van der Waals surface area contributed by atoms with Crippen molar-refractivity contribution in [3.63, 3.8) is 0 Å². The van der Waals surface area contributed by atoms with E-state index in [0.717, 1.165) is 5.56 Å². The first-order valence-corrected chi connectivity index (χ1v) is 6.97. The van der Waals surface area contributed by atoms with Crippen LogP contribution in [0.4, 0.5) is 10.5 Å². The molecule has 2 N–H and O–H groups in total. The Morgan fingerprint density at radius 3 is 2.83 bits per heavy atom. The van der Waals surface area contributed by atoms with E-state index in [1.807, 2.05) is 13.2 Å². The minimum Gasteiger partial charge on any atom is -0.337 e. The number of aromatic nitrogens is 1. The van der Waals surface area contributed by atoms with Crippen LogP contribution >= 0.6 is 11.8 Å². The largest absolute Gasteiger partial charge is 0.337 e. The van der Waals surface area contributed by atoms with Gasteiger partial charge in [-0.05, 0) is 18.7 Å². The predicted octanol–water partition coefficient (Wildman–Crippen LogP) is 1.57. The van der Waals surface area contributed by atoms with Gasteiger partial charge in [0.2, 0.25) is 0 Å². The molecule has 0 aromatic carbocycles. The first-order valence-electron chi connectivity index (χ1n) is 5.69. The number of anilines is 1. The van der Waals surface area contributed by atoms with Crippen LogP contribution in [0.1, 0.15) is 12.5 Å². The normalized spacial score (nSPS) is 12.0. The van der Waals surface area contributed by atoms with Crippen LogP contribution in [-0.2, 0) is 7.05 Å². The molecule has 100 valence electrons. The third-order valence-electron chi connectivity index (χ3n) is 2.64. The quantitative estimate of drug-likeness (QED) is 0.872. The van der Waals surface area contributed by atoms with E-state index in [1.54, 1.807) is 31.9 Å². The topological polar surface area (TPSA) is 63.1 Å². The molecule has 6 heteroatoms. The molecular weight excluding hydrogens is 250 g/mol. The number of aryl methyl sites for hydroxylation is 2. The Labute approximate surface area is 111 Å². The molecule has 1 heterocycles. The molecule has 0 aliphatic carbocycles. The highest BCUT2D eigenvalue weighted by Crippen LogP contribution is 2.10. The zero-order valence-corrected chi connectivity index (χ0v) is 11.9. The van der Waals surface area contributed by atoms with Gasteiger partial charge in [-0.1, -0.05) is 6.92 Å². The molecule has 0 bridgehead atoms. The Morgan fingerprint density at radius 2 is 2.22 bits per heavy atom. The average Bonchev–Trinajstić information content (AvgIpc) is 2.33. The molecule has 1 aromatic rings. The number of hydrogen-bond donors (Lipinski definition) is 2. The summed E-state index contributed by atoms with van der Waals surface area (Å²) in [5.74, 6) is 0. The van der Waals surface area contributed by atoms with Gasteiger partial charge in [-0.15, -0.1) is 0 Å². The van der Waals surface area contributed by atoms with Gasteiger partial charge in [0.05, 0.1) is 5.69 Å². The van der Waals surface area contributed by atoms with E-state index in [-0.39, 0.29) is 11.6 Å². The highest BCUT2D eigenvalue weighted by molar-refractivity contribution is 7.99. The van der Waals surface area contributed by atoms with Crippen LogP contribution in [0.3, 0.4) is 0 Å². The summed E-state index contributed by atoms with van der Waals surface area (Å²) in [5.41, 5.74) is 1.31. The highest BCUT2D eigenvalue weighted by atomic mass is 32.2. The van der Waals surface area contributed by atoms with Crippen molar-refractivity contribution in [2.75, 3.05) is 18.1 Å². The molecule has 1 aromatic heterocycles. The van der Waals surface area contributed by atoms with Gasteiger partial charge in [0, 0.05) is 31.1 Å². The summed E-state index contributed by atoms with van der Waals surface area (Å²) >= 11 is 1.69. The Bertz CT molecular complexity index is 485. The molecule has 0 fully saturated rings. The van der Waals surface area contributed by atoms with E-state index in [2.05, 4.69) is 10.6 Å². The minimum absolute atomic E-state index is 0.0885. The zero-order valence-electron chi connectivity index (χ0n) is 11.1. The first-order chi connectivity index (χ1) is 8.43. The number of rotatable bonds is 4. The number of urea groups is 1. The van der Waals surface area contributed by atoms with E-state index in [0.29, 0.717) is 17.5 Å². The molecular formula is C12H19N3O2S. The predicted molar refractivity (Wildman–Crippen MR) is 76.4 cm³/mol. The summed E-state index contributed by atoms with van der Waals surface area (Å²) in [7, 11) is 1.65. The lowest BCUT2D eigenvalue weighted by Crippen LogP contribution is -2.33. The average molecular weight is 269 g/mol. The van der Waals surface area contributed by atoms with Gasteiger partial charge in [-0.2, -0.15) is 11.8 Å². The second kappa shape index (κ2) is 6.49. The number of hydrogen-bond acceptors (Lipinski definition) is 3. The number of nitrogens with zero attached hydrogens (tertiary/aromatic N) is 1. The molecule has 0 radical (unpaired) electrons. The Balaban J connectivity index is 2.65. The molecule has 0 saturated heterocycles. The number of thioether (sulfide) groups is 1. The maximum Gasteiger partial charge on any atom is 0.319 e. The lowest BCUT2D eigenvalue weighted by atomic mass is 10.2. The molecule has 0 spiro atoms. The van der Waals surface area contributed by atoms with Gasteiger partial charge in [-0.3, -0.25) is 4.79 Å². The third kappa shape index (κ3) is 4.10. The SMILES string of the molecule is CSC(C)CNC(=O)Nc1cn(C)c(=O)cc1C. The van der Waals surface area contributed by atoms with Crippen LogP contribution < -0.4 is 16.2 Å². The van der Waals surface area contributed by atoms with Crippen molar-refractivity contribution in [1.29, 1.82) is 0 Å². The maximum absolute atomic E-state index is 11.7. The van der Waals surface area contributed by atoms with Crippen LogP contribution in [0.15, 0.2) is 17.1 Å². The Morgan fingerprint density at radius 1 is 1.56 bits per heavy atom.